The average Bonchev–Trinajstić information content (AvgIpc) is 3.08. The second kappa shape index (κ2) is 7.38. The zero-order valence-corrected chi connectivity index (χ0v) is 13.6. The van der Waals surface area contributed by atoms with Gasteiger partial charge in [0.25, 0.3) is 0 Å². The maximum atomic E-state index is 12.3. The Morgan fingerprint density at radius 2 is 1.65 bits per heavy atom. The SMILES string of the molecule is C[C@@H](OC(=O)c1ccc2c(c1)OCO2)C(=O)c1ccc(OC(F)F)cc1. The predicted octanol–water partition coefficient (Wildman–Crippen LogP) is 3.44. The number of fused-ring (bicyclic) bond motifs is 1. The minimum atomic E-state index is -2.95. The lowest BCUT2D eigenvalue weighted by atomic mass is 10.1. The summed E-state index contributed by atoms with van der Waals surface area (Å²) in [5.41, 5.74) is 0.423. The van der Waals surface area contributed by atoms with Crippen LogP contribution < -0.4 is 14.2 Å². The summed E-state index contributed by atoms with van der Waals surface area (Å²) in [4.78, 5) is 24.5. The molecular weight excluding hydrogens is 350 g/mol. The number of carbonyl (C=O) groups excluding carboxylic acids is 2. The number of esters is 1. The molecule has 1 aliphatic heterocycles. The van der Waals surface area contributed by atoms with Crippen LogP contribution in [0.2, 0.25) is 0 Å². The Bertz CT molecular complexity index is 819. The number of Topliss-reactive ketones (excluding diaryl/α,β-unsaturated/α-hetero) is 1. The number of hydrogen-bond acceptors (Lipinski definition) is 6. The Morgan fingerprint density at radius 3 is 2.35 bits per heavy atom. The molecule has 0 radical (unpaired) electrons. The van der Waals surface area contributed by atoms with E-state index in [1.807, 2.05) is 0 Å². The van der Waals surface area contributed by atoms with Crippen molar-refractivity contribution < 1.29 is 37.3 Å². The number of alkyl halides is 2. The minimum Gasteiger partial charge on any atom is -0.454 e. The van der Waals surface area contributed by atoms with Gasteiger partial charge in [-0.2, -0.15) is 8.78 Å². The number of halogens is 2. The number of ether oxygens (including phenoxy) is 4. The van der Waals surface area contributed by atoms with E-state index in [1.54, 1.807) is 6.07 Å². The zero-order valence-electron chi connectivity index (χ0n) is 13.6. The second-order valence-corrected chi connectivity index (χ2v) is 5.38. The van der Waals surface area contributed by atoms with Gasteiger partial charge in [0, 0.05) is 5.56 Å². The Balaban J connectivity index is 1.64. The lowest BCUT2D eigenvalue weighted by Gasteiger charge is -2.13. The molecule has 0 fully saturated rings. The van der Waals surface area contributed by atoms with Gasteiger partial charge >= 0.3 is 12.6 Å². The van der Waals surface area contributed by atoms with Crippen molar-refractivity contribution in [1.29, 1.82) is 0 Å². The van der Waals surface area contributed by atoms with Crippen LogP contribution in [0.1, 0.15) is 27.6 Å². The van der Waals surface area contributed by atoms with Gasteiger partial charge in [0.1, 0.15) is 5.75 Å². The monoisotopic (exact) mass is 364 g/mol. The van der Waals surface area contributed by atoms with Crippen molar-refractivity contribution in [3.63, 3.8) is 0 Å². The minimum absolute atomic E-state index is 0.0680. The van der Waals surface area contributed by atoms with Gasteiger partial charge in [0.2, 0.25) is 12.6 Å². The lowest BCUT2D eigenvalue weighted by molar-refractivity contribution is -0.0498. The summed E-state index contributed by atoms with van der Waals surface area (Å²) in [7, 11) is 0. The summed E-state index contributed by atoms with van der Waals surface area (Å²) in [6, 6.07) is 9.68. The molecule has 1 heterocycles. The fourth-order valence-electron chi connectivity index (χ4n) is 2.34. The highest BCUT2D eigenvalue weighted by Gasteiger charge is 2.22. The van der Waals surface area contributed by atoms with Crippen molar-refractivity contribution in [1.82, 2.24) is 0 Å². The van der Waals surface area contributed by atoms with E-state index in [0.717, 1.165) is 0 Å². The molecule has 0 aromatic heterocycles. The molecule has 0 saturated heterocycles. The molecule has 8 heteroatoms. The molecular formula is C18H14F2O6. The van der Waals surface area contributed by atoms with E-state index in [1.165, 1.54) is 43.3 Å². The highest BCUT2D eigenvalue weighted by Crippen LogP contribution is 2.32. The van der Waals surface area contributed by atoms with Gasteiger partial charge in [0.05, 0.1) is 5.56 Å². The first kappa shape index (κ1) is 17.7. The Hall–Kier alpha value is -3.16. The van der Waals surface area contributed by atoms with E-state index in [2.05, 4.69) is 4.74 Å². The predicted molar refractivity (Wildman–Crippen MR) is 84.8 cm³/mol. The summed E-state index contributed by atoms with van der Waals surface area (Å²) in [5, 5.41) is 0. The van der Waals surface area contributed by atoms with Gasteiger partial charge in [0.15, 0.2) is 17.6 Å². The van der Waals surface area contributed by atoms with Gasteiger partial charge in [-0.05, 0) is 49.4 Å². The molecule has 3 rings (SSSR count). The summed E-state index contributed by atoms with van der Waals surface area (Å²) in [6.45, 7) is -1.44. The zero-order chi connectivity index (χ0) is 18.7. The second-order valence-electron chi connectivity index (χ2n) is 5.38. The highest BCUT2D eigenvalue weighted by molar-refractivity contribution is 6.01. The van der Waals surface area contributed by atoms with E-state index >= 15 is 0 Å². The molecule has 2 aromatic carbocycles. The van der Waals surface area contributed by atoms with Gasteiger partial charge < -0.3 is 18.9 Å². The summed E-state index contributed by atoms with van der Waals surface area (Å²) in [6.07, 6.45) is -1.06. The largest absolute Gasteiger partial charge is 0.454 e. The van der Waals surface area contributed by atoms with Crippen LogP contribution >= 0.6 is 0 Å². The van der Waals surface area contributed by atoms with E-state index < -0.39 is 24.5 Å². The topological polar surface area (TPSA) is 71.1 Å². The van der Waals surface area contributed by atoms with Crippen LogP contribution in [0.5, 0.6) is 17.2 Å². The van der Waals surface area contributed by atoms with E-state index in [4.69, 9.17) is 14.2 Å². The van der Waals surface area contributed by atoms with Crippen LogP contribution in [0.25, 0.3) is 0 Å². The third-order valence-corrected chi connectivity index (χ3v) is 3.63. The molecule has 2 aromatic rings. The third-order valence-electron chi connectivity index (χ3n) is 3.63. The summed E-state index contributed by atoms with van der Waals surface area (Å²) < 4.78 is 44.0. The molecule has 0 unspecified atom stereocenters. The van der Waals surface area contributed by atoms with Crippen molar-refractivity contribution in [2.24, 2.45) is 0 Å². The number of rotatable bonds is 6. The molecule has 136 valence electrons. The van der Waals surface area contributed by atoms with Crippen molar-refractivity contribution in [3.8, 4) is 17.2 Å². The van der Waals surface area contributed by atoms with Crippen LogP contribution in [0.4, 0.5) is 8.78 Å². The Morgan fingerprint density at radius 1 is 1.00 bits per heavy atom. The quantitative estimate of drug-likeness (QED) is 0.578. The van der Waals surface area contributed by atoms with Gasteiger partial charge in [-0.15, -0.1) is 0 Å². The van der Waals surface area contributed by atoms with Crippen LogP contribution in [-0.4, -0.2) is 31.3 Å². The van der Waals surface area contributed by atoms with Crippen LogP contribution in [0.15, 0.2) is 42.5 Å². The van der Waals surface area contributed by atoms with Gasteiger partial charge in [-0.25, -0.2) is 4.79 Å². The van der Waals surface area contributed by atoms with Crippen molar-refractivity contribution >= 4 is 11.8 Å². The van der Waals surface area contributed by atoms with Crippen LogP contribution in [0.3, 0.4) is 0 Å². The maximum absolute atomic E-state index is 12.3. The molecule has 0 amide bonds. The molecule has 1 aliphatic rings. The number of ketones is 1. The number of benzene rings is 2. The lowest BCUT2D eigenvalue weighted by Crippen LogP contribution is -2.24. The van der Waals surface area contributed by atoms with Crippen molar-refractivity contribution in [3.05, 3.63) is 53.6 Å². The van der Waals surface area contributed by atoms with Gasteiger partial charge in [-0.1, -0.05) is 0 Å². The van der Waals surface area contributed by atoms with Crippen molar-refractivity contribution in [2.45, 2.75) is 19.6 Å². The van der Waals surface area contributed by atoms with E-state index in [0.29, 0.717) is 11.5 Å². The molecule has 0 bridgehead atoms. The first-order chi connectivity index (χ1) is 12.4. The molecule has 0 saturated carbocycles. The van der Waals surface area contributed by atoms with E-state index in [9.17, 15) is 18.4 Å². The Kier molecular flexibility index (Phi) is 5.01. The number of hydrogen-bond donors (Lipinski definition) is 0. The first-order valence-corrected chi connectivity index (χ1v) is 7.64. The average molecular weight is 364 g/mol. The summed E-state index contributed by atoms with van der Waals surface area (Å²) >= 11 is 0. The fraction of sp³-hybridized carbons (Fsp3) is 0.222. The molecule has 0 aliphatic carbocycles. The number of carbonyl (C=O) groups is 2. The normalized spacial score (nSPS) is 13.4. The first-order valence-electron chi connectivity index (χ1n) is 7.64. The molecule has 0 spiro atoms. The smallest absolute Gasteiger partial charge is 0.387 e. The summed E-state index contributed by atoms with van der Waals surface area (Å²) in [5.74, 6) is -0.282. The molecule has 26 heavy (non-hydrogen) atoms. The fourth-order valence-corrected chi connectivity index (χ4v) is 2.34. The van der Waals surface area contributed by atoms with Crippen LogP contribution in [0, 0.1) is 0 Å². The van der Waals surface area contributed by atoms with Crippen LogP contribution in [-0.2, 0) is 4.74 Å². The highest BCUT2D eigenvalue weighted by atomic mass is 19.3. The standard InChI is InChI=1S/C18H14F2O6/c1-10(16(21)11-2-5-13(6-3-11)26-18(19)20)25-17(22)12-4-7-14-15(8-12)24-9-23-14/h2-8,10,18H,9H2,1H3/t10-/m1/s1. The molecule has 0 N–H and O–H groups in total. The third kappa shape index (κ3) is 3.90. The maximum Gasteiger partial charge on any atom is 0.387 e. The van der Waals surface area contributed by atoms with Crippen molar-refractivity contribution in [2.75, 3.05) is 6.79 Å². The van der Waals surface area contributed by atoms with Gasteiger partial charge in [-0.3, -0.25) is 4.79 Å². The van der Waals surface area contributed by atoms with E-state index in [-0.39, 0.29) is 23.7 Å². The molecule has 6 nitrogen and oxygen atoms in total. The Labute approximate surface area is 147 Å². The molecule has 1 atom stereocenters.